The second-order valence-corrected chi connectivity index (χ2v) is 6.20. The summed E-state index contributed by atoms with van der Waals surface area (Å²) in [6.07, 6.45) is 1.18. The molecule has 1 amide bonds. The molecule has 0 spiro atoms. The molecule has 1 fully saturated rings. The van der Waals surface area contributed by atoms with E-state index in [1.54, 1.807) is 6.21 Å². The summed E-state index contributed by atoms with van der Waals surface area (Å²) in [5.74, 6) is -2.00. The lowest BCUT2D eigenvalue weighted by Gasteiger charge is -2.38. The summed E-state index contributed by atoms with van der Waals surface area (Å²) < 4.78 is 5.64. The summed E-state index contributed by atoms with van der Waals surface area (Å²) in [5, 5.41) is 37.5. The molecule has 0 aliphatic carbocycles. The van der Waals surface area contributed by atoms with Crippen molar-refractivity contribution in [2.24, 2.45) is 9.98 Å². The first-order valence-corrected chi connectivity index (χ1v) is 8.34. The molecule has 1 aromatic rings. The highest BCUT2D eigenvalue weighted by atomic mass is 16.5. The number of nitrogens with zero attached hydrogens (tertiary/aromatic N) is 3. The Morgan fingerprint density at radius 1 is 1.30 bits per heavy atom. The third-order valence-corrected chi connectivity index (χ3v) is 4.27. The van der Waals surface area contributed by atoms with Crippen molar-refractivity contribution in [2.45, 2.75) is 18.8 Å². The molecular formula is C16H18BN3O7. The fourth-order valence-corrected chi connectivity index (χ4v) is 2.82. The average Bonchev–Trinajstić information content (AvgIpc) is 3.10. The van der Waals surface area contributed by atoms with Crippen LogP contribution in [-0.2, 0) is 11.2 Å². The number of ether oxygens (including phenoxy) is 1. The number of likely N-dealkylation sites (tertiary alicyclic amines) is 1. The summed E-state index contributed by atoms with van der Waals surface area (Å²) >= 11 is 0. The van der Waals surface area contributed by atoms with Gasteiger partial charge in [0.05, 0.1) is 19.6 Å². The van der Waals surface area contributed by atoms with Gasteiger partial charge in [0.1, 0.15) is 23.2 Å². The van der Waals surface area contributed by atoms with Crippen molar-refractivity contribution >= 4 is 31.0 Å². The monoisotopic (exact) mass is 375 g/mol. The van der Waals surface area contributed by atoms with Crippen LogP contribution in [-0.4, -0.2) is 81.9 Å². The van der Waals surface area contributed by atoms with Crippen LogP contribution in [0.5, 0.6) is 11.5 Å². The molecule has 1 aromatic carbocycles. The third-order valence-electron chi connectivity index (χ3n) is 4.27. The number of aromatic hydroxyl groups is 1. The first-order valence-electron chi connectivity index (χ1n) is 8.34. The van der Waals surface area contributed by atoms with E-state index in [-0.39, 0.29) is 48.9 Å². The maximum absolute atomic E-state index is 12.1. The van der Waals surface area contributed by atoms with Crippen LogP contribution in [0.4, 0.5) is 0 Å². The molecule has 0 aromatic heterocycles. The molecule has 0 unspecified atom stereocenters. The Bertz CT molecular complexity index is 818. The molecule has 3 rings (SSSR count). The topological polar surface area (TPSA) is 152 Å². The van der Waals surface area contributed by atoms with E-state index in [0.29, 0.717) is 6.54 Å². The second-order valence-electron chi connectivity index (χ2n) is 6.20. The zero-order valence-electron chi connectivity index (χ0n) is 14.3. The Balaban J connectivity index is 1.67. The van der Waals surface area contributed by atoms with Gasteiger partial charge in [0, 0.05) is 6.21 Å². The number of benzene rings is 1. The van der Waals surface area contributed by atoms with Gasteiger partial charge in [0.2, 0.25) is 5.84 Å². The minimum Gasteiger partial charge on any atom is -0.507 e. The number of rotatable bonds is 7. The van der Waals surface area contributed by atoms with E-state index < -0.39 is 30.5 Å². The van der Waals surface area contributed by atoms with Crippen molar-refractivity contribution in [3.8, 4) is 11.5 Å². The van der Waals surface area contributed by atoms with Crippen molar-refractivity contribution in [3.05, 3.63) is 23.3 Å². The van der Waals surface area contributed by atoms with Crippen molar-refractivity contribution in [1.29, 1.82) is 0 Å². The molecule has 1 saturated heterocycles. The molecule has 2 heterocycles. The van der Waals surface area contributed by atoms with Crippen LogP contribution in [0.15, 0.2) is 22.1 Å². The molecule has 4 N–H and O–H groups in total. The smallest absolute Gasteiger partial charge is 0.451 e. The first kappa shape index (κ1) is 18.9. The highest BCUT2D eigenvalue weighted by Crippen LogP contribution is 2.34. The SMILES string of the molecule is O=C(O)c1c(OC2CN(C(=O)C3=NCC=N3)C2)ccc(CCB(O)O)c1O. The molecule has 142 valence electrons. The minimum atomic E-state index is -1.55. The Hall–Kier alpha value is -2.92. The number of carbonyl (C=O) groups is 2. The van der Waals surface area contributed by atoms with Crippen LogP contribution in [0, 0.1) is 0 Å². The van der Waals surface area contributed by atoms with Gasteiger partial charge in [0.15, 0.2) is 0 Å². The maximum atomic E-state index is 12.1. The van der Waals surface area contributed by atoms with E-state index in [1.807, 2.05) is 0 Å². The maximum Gasteiger partial charge on any atom is 0.451 e. The third kappa shape index (κ3) is 4.09. The van der Waals surface area contributed by atoms with Crippen LogP contribution in [0.3, 0.4) is 0 Å². The zero-order valence-corrected chi connectivity index (χ0v) is 14.3. The molecule has 2 aliphatic rings. The Kier molecular flexibility index (Phi) is 5.42. The Morgan fingerprint density at radius 2 is 2.04 bits per heavy atom. The summed E-state index contributed by atoms with van der Waals surface area (Å²) in [7, 11) is -1.55. The molecule has 11 heteroatoms. The minimum absolute atomic E-state index is 0.0124. The fraction of sp³-hybridized carbons (Fsp3) is 0.375. The molecule has 2 aliphatic heterocycles. The zero-order chi connectivity index (χ0) is 19.6. The fourth-order valence-electron chi connectivity index (χ4n) is 2.82. The van der Waals surface area contributed by atoms with Gasteiger partial charge in [-0.05, 0) is 24.4 Å². The highest BCUT2D eigenvalue weighted by Gasteiger charge is 2.36. The number of amidine groups is 1. The highest BCUT2D eigenvalue weighted by molar-refractivity contribution is 6.41. The van der Waals surface area contributed by atoms with E-state index >= 15 is 0 Å². The van der Waals surface area contributed by atoms with Gasteiger partial charge in [-0.2, -0.15) is 0 Å². The second kappa shape index (κ2) is 7.76. The van der Waals surface area contributed by atoms with E-state index in [1.165, 1.54) is 17.0 Å². The number of carboxylic acid groups (broad SMARTS) is 1. The first-order chi connectivity index (χ1) is 12.9. The van der Waals surface area contributed by atoms with Crippen LogP contribution in [0.25, 0.3) is 0 Å². The van der Waals surface area contributed by atoms with Gasteiger partial charge in [-0.25, -0.2) is 9.79 Å². The molecule has 0 bridgehead atoms. The van der Waals surface area contributed by atoms with Gasteiger partial charge in [-0.3, -0.25) is 9.79 Å². The summed E-state index contributed by atoms with van der Waals surface area (Å²) in [4.78, 5) is 32.9. The number of aryl methyl sites for hydroxylation is 1. The number of carboxylic acids is 1. The predicted octanol–water partition coefficient (Wildman–Crippen LogP) is -0.822. The number of hydrogen-bond acceptors (Lipinski definition) is 8. The van der Waals surface area contributed by atoms with Crippen molar-refractivity contribution < 1.29 is 34.6 Å². The lowest BCUT2D eigenvalue weighted by molar-refractivity contribution is -0.132. The predicted molar refractivity (Wildman–Crippen MR) is 95.6 cm³/mol. The molecule has 0 atom stereocenters. The van der Waals surface area contributed by atoms with E-state index in [0.717, 1.165) is 0 Å². The number of amides is 1. The number of aromatic carboxylic acids is 1. The van der Waals surface area contributed by atoms with Gasteiger partial charge in [0.25, 0.3) is 5.91 Å². The van der Waals surface area contributed by atoms with Gasteiger partial charge < -0.3 is 29.9 Å². The average molecular weight is 375 g/mol. The van der Waals surface area contributed by atoms with Crippen LogP contribution < -0.4 is 4.74 Å². The summed E-state index contributed by atoms with van der Waals surface area (Å²) in [5.41, 5.74) is -0.121. The van der Waals surface area contributed by atoms with Crippen molar-refractivity contribution in [2.75, 3.05) is 19.6 Å². The number of hydrogen-bond donors (Lipinski definition) is 4. The van der Waals surface area contributed by atoms with Crippen molar-refractivity contribution in [1.82, 2.24) is 4.90 Å². The number of carbonyl (C=O) groups excluding carboxylic acids is 1. The van der Waals surface area contributed by atoms with Gasteiger partial charge >= 0.3 is 13.1 Å². The standard InChI is InChI=1S/C16H18BN3O7/c21-13-9(3-4-17(25)26)1-2-11(12(13)16(23)24)27-10-7-20(8-10)15(22)14-18-5-6-19-14/h1-2,5,10,21,25-26H,3-4,6-8H2,(H,23,24). The Morgan fingerprint density at radius 3 is 2.63 bits per heavy atom. The lowest BCUT2D eigenvalue weighted by atomic mass is 9.82. The van der Waals surface area contributed by atoms with Crippen LogP contribution >= 0.6 is 0 Å². The van der Waals surface area contributed by atoms with E-state index in [9.17, 15) is 19.8 Å². The molecule has 0 radical (unpaired) electrons. The summed E-state index contributed by atoms with van der Waals surface area (Å²) in [6, 6.07) is 2.89. The molecular weight excluding hydrogens is 357 g/mol. The number of phenols is 1. The van der Waals surface area contributed by atoms with Crippen molar-refractivity contribution in [3.63, 3.8) is 0 Å². The number of aliphatic imine (C=N–C) groups is 2. The van der Waals surface area contributed by atoms with E-state index in [4.69, 9.17) is 14.8 Å². The van der Waals surface area contributed by atoms with Gasteiger partial charge in [-0.1, -0.05) is 6.07 Å². The molecule has 0 saturated carbocycles. The normalized spacial score (nSPS) is 16.1. The van der Waals surface area contributed by atoms with Crippen LogP contribution in [0.2, 0.25) is 6.32 Å². The Labute approximate surface area is 154 Å². The van der Waals surface area contributed by atoms with Crippen LogP contribution in [0.1, 0.15) is 15.9 Å². The molecule has 10 nitrogen and oxygen atoms in total. The molecule has 27 heavy (non-hydrogen) atoms. The summed E-state index contributed by atoms with van der Waals surface area (Å²) in [6.45, 7) is 0.896. The van der Waals surface area contributed by atoms with Gasteiger partial charge in [-0.15, -0.1) is 0 Å². The largest absolute Gasteiger partial charge is 0.507 e. The lowest BCUT2D eigenvalue weighted by Crippen LogP contribution is -2.57. The quantitative estimate of drug-likeness (QED) is 0.454. The van der Waals surface area contributed by atoms with E-state index in [2.05, 4.69) is 9.98 Å².